The van der Waals surface area contributed by atoms with Crippen LogP contribution < -0.4 is 0 Å². The van der Waals surface area contributed by atoms with Crippen LogP contribution in [0.3, 0.4) is 0 Å². The quantitative estimate of drug-likeness (QED) is 0.590. The van der Waals surface area contributed by atoms with Crippen molar-refractivity contribution in [2.45, 2.75) is 54.9 Å². The molecule has 0 heterocycles. The third-order valence-electron chi connectivity index (χ3n) is 3.34. The molecule has 2 unspecified atom stereocenters. The molecule has 0 fully saturated rings. The van der Waals surface area contributed by atoms with Gasteiger partial charge in [0.25, 0.3) is 0 Å². The average molecular weight is 170 g/mol. The molecule has 0 aliphatic heterocycles. The fraction of sp³-hybridized carbons (Fsp3) is 1.00. The zero-order chi connectivity index (χ0) is 9.94. The molecule has 74 valence electrons. The van der Waals surface area contributed by atoms with E-state index >= 15 is 0 Å². The van der Waals surface area contributed by atoms with Crippen molar-refractivity contribution in [2.75, 3.05) is 0 Å². The van der Waals surface area contributed by atoms with Gasteiger partial charge in [0.2, 0.25) is 0 Å². The second kappa shape index (κ2) is 4.30. The van der Waals surface area contributed by atoms with E-state index in [0.29, 0.717) is 5.41 Å². The molecule has 0 aliphatic rings. The largest absolute Gasteiger partial charge is 0.0651 e. The summed E-state index contributed by atoms with van der Waals surface area (Å²) in [6.07, 6.45) is 1.32. The van der Waals surface area contributed by atoms with Gasteiger partial charge in [-0.05, 0) is 23.2 Å². The van der Waals surface area contributed by atoms with E-state index in [9.17, 15) is 0 Å². The van der Waals surface area contributed by atoms with Crippen molar-refractivity contribution in [3.8, 4) is 0 Å². The molecule has 0 saturated carbocycles. The van der Waals surface area contributed by atoms with Gasteiger partial charge in [-0.2, -0.15) is 0 Å². The van der Waals surface area contributed by atoms with E-state index in [0.717, 1.165) is 17.8 Å². The number of hydrogen-bond donors (Lipinski definition) is 0. The average Bonchev–Trinajstić information content (AvgIpc) is 1.86. The monoisotopic (exact) mass is 170 g/mol. The second-order valence-electron chi connectivity index (χ2n) is 5.47. The lowest BCUT2D eigenvalue weighted by molar-refractivity contribution is 0.135. The maximum atomic E-state index is 2.40. The summed E-state index contributed by atoms with van der Waals surface area (Å²) in [5.74, 6) is 2.52. The van der Waals surface area contributed by atoms with Gasteiger partial charge in [-0.3, -0.25) is 0 Å². The van der Waals surface area contributed by atoms with Gasteiger partial charge < -0.3 is 0 Å². The van der Waals surface area contributed by atoms with Crippen LogP contribution in [0.15, 0.2) is 0 Å². The van der Waals surface area contributed by atoms with E-state index in [1.165, 1.54) is 6.42 Å². The second-order valence-corrected chi connectivity index (χ2v) is 5.47. The Kier molecular flexibility index (Phi) is 4.30. The molecule has 2 atom stereocenters. The smallest absolute Gasteiger partial charge is 0.0354 e. The summed E-state index contributed by atoms with van der Waals surface area (Å²) in [7, 11) is 0. The Morgan fingerprint density at radius 2 is 1.42 bits per heavy atom. The molecule has 0 radical (unpaired) electrons. The number of rotatable bonds is 3. The third-order valence-corrected chi connectivity index (χ3v) is 3.34. The van der Waals surface area contributed by atoms with Gasteiger partial charge in [-0.1, -0.05) is 54.9 Å². The fourth-order valence-corrected chi connectivity index (χ4v) is 2.04. The highest BCUT2D eigenvalue weighted by Crippen LogP contribution is 2.36. The Hall–Kier alpha value is 0. The first-order valence-corrected chi connectivity index (χ1v) is 5.30. The minimum absolute atomic E-state index is 0.463. The molecule has 0 aromatic rings. The van der Waals surface area contributed by atoms with Crippen molar-refractivity contribution in [3.63, 3.8) is 0 Å². The lowest BCUT2D eigenvalue weighted by Crippen LogP contribution is -2.28. The van der Waals surface area contributed by atoms with E-state index in [1.807, 2.05) is 0 Å². The van der Waals surface area contributed by atoms with Gasteiger partial charge in [0.15, 0.2) is 0 Å². The summed E-state index contributed by atoms with van der Waals surface area (Å²) in [4.78, 5) is 0. The predicted molar refractivity (Wildman–Crippen MR) is 57.2 cm³/mol. The van der Waals surface area contributed by atoms with Crippen LogP contribution in [0.4, 0.5) is 0 Å². The molecule has 0 heteroatoms. The Morgan fingerprint density at radius 3 is 1.50 bits per heavy atom. The Morgan fingerprint density at radius 1 is 1.00 bits per heavy atom. The van der Waals surface area contributed by atoms with Gasteiger partial charge in [-0.25, -0.2) is 0 Å². The first-order chi connectivity index (χ1) is 5.30. The van der Waals surface area contributed by atoms with Crippen molar-refractivity contribution in [2.24, 2.45) is 23.2 Å². The third kappa shape index (κ3) is 3.16. The molecule has 0 nitrogen and oxygen atoms in total. The minimum Gasteiger partial charge on any atom is -0.0651 e. The lowest BCUT2D eigenvalue weighted by Gasteiger charge is -2.36. The molecule has 0 bridgehead atoms. The van der Waals surface area contributed by atoms with Crippen LogP contribution in [0.5, 0.6) is 0 Å². The molecular formula is C12H26. The zero-order valence-corrected chi connectivity index (χ0v) is 9.94. The normalized spacial score (nSPS) is 18.0. The highest BCUT2D eigenvalue weighted by atomic mass is 14.3. The lowest BCUT2D eigenvalue weighted by atomic mass is 9.69. The van der Waals surface area contributed by atoms with Crippen molar-refractivity contribution in [1.29, 1.82) is 0 Å². The van der Waals surface area contributed by atoms with Crippen molar-refractivity contribution in [3.05, 3.63) is 0 Å². The molecule has 0 amide bonds. The van der Waals surface area contributed by atoms with Gasteiger partial charge in [0.1, 0.15) is 0 Å². The van der Waals surface area contributed by atoms with Crippen LogP contribution in [0.2, 0.25) is 0 Å². The molecule has 0 N–H and O–H groups in total. The highest BCUT2D eigenvalue weighted by Gasteiger charge is 2.28. The van der Waals surface area contributed by atoms with Gasteiger partial charge >= 0.3 is 0 Å². The first-order valence-electron chi connectivity index (χ1n) is 5.30. The van der Waals surface area contributed by atoms with E-state index < -0.39 is 0 Å². The molecule has 0 aromatic carbocycles. The number of hydrogen-bond acceptors (Lipinski definition) is 0. The van der Waals surface area contributed by atoms with Crippen LogP contribution in [-0.4, -0.2) is 0 Å². The SMILES string of the molecule is CCC(C(C)C)C(C)C(C)(C)C. The van der Waals surface area contributed by atoms with Crippen LogP contribution in [0, 0.1) is 23.2 Å². The van der Waals surface area contributed by atoms with Crippen LogP contribution in [0.1, 0.15) is 54.9 Å². The fourth-order valence-electron chi connectivity index (χ4n) is 2.04. The summed E-state index contributed by atoms with van der Waals surface area (Å²) in [5, 5.41) is 0. The summed E-state index contributed by atoms with van der Waals surface area (Å²) in [5.41, 5.74) is 0.463. The summed E-state index contributed by atoms with van der Waals surface area (Å²) in [6, 6.07) is 0. The molecule has 0 aliphatic carbocycles. The van der Waals surface area contributed by atoms with Gasteiger partial charge in [0, 0.05) is 0 Å². The molecule has 12 heavy (non-hydrogen) atoms. The standard InChI is InChI=1S/C12H26/c1-8-11(9(2)3)10(4)12(5,6)7/h9-11H,8H2,1-7H3. The Bertz CT molecular complexity index is 116. The van der Waals surface area contributed by atoms with E-state index in [2.05, 4.69) is 48.5 Å². The summed E-state index contributed by atoms with van der Waals surface area (Å²) in [6.45, 7) is 16.4. The van der Waals surface area contributed by atoms with Crippen LogP contribution >= 0.6 is 0 Å². The molecular weight excluding hydrogens is 144 g/mol. The predicted octanol–water partition coefficient (Wildman–Crippen LogP) is 4.35. The summed E-state index contributed by atoms with van der Waals surface area (Å²) < 4.78 is 0. The Labute approximate surface area is 78.8 Å². The Balaban J connectivity index is 4.32. The van der Waals surface area contributed by atoms with Crippen molar-refractivity contribution < 1.29 is 0 Å². The molecule has 0 rings (SSSR count). The maximum absolute atomic E-state index is 2.40. The van der Waals surface area contributed by atoms with Gasteiger partial charge in [0.05, 0.1) is 0 Å². The first kappa shape index (κ1) is 12.0. The molecule has 0 saturated heterocycles. The summed E-state index contributed by atoms with van der Waals surface area (Å²) >= 11 is 0. The van der Waals surface area contributed by atoms with Crippen LogP contribution in [0.25, 0.3) is 0 Å². The van der Waals surface area contributed by atoms with Crippen LogP contribution in [-0.2, 0) is 0 Å². The zero-order valence-electron chi connectivity index (χ0n) is 9.94. The highest BCUT2D eigenvalue weighted by molar-refractivity contribution is 4.78. The van der Waals surface area contributed by atoms with Crippen molar-refractivity contribution in [1.82, 2.24) is 0 Å². The van der Waals surface area contributed by atoms with Crippen molar-refractivity contribution >= 4 is 0 Å². The minimum atomic E-state index is 0.463. The topological polar surface area (TPSA) is 0 Å². The molecule has 0 aromatic heterocycles. The van der Waals surface area contributed by atoms with E-state index in [-0.39, 0.29) is 0 Å². The van der Waals surface area contributed by atoms with E-state index in [4.69, 9.17) is 0 Å². The van der Waals surface area contributed by atoms with E-state index in [1.54, 1.807) is 0 Å². The van der Waals surface area contributed by atoms with Gasteiger partial charge in [-0.15, -0.1) is 0 Å². The maximum Gasteiger partial charge on any atom is -0.0354 e. The molecule has 0 spiro atoms.